The molecule has 1 saturated heterocycles. The van der Waals surface area contributed by atoms with Gasteiger partial charge in [-0.05, 0) is 24.1 Å². The Morgan fingerprint density at radius 3 is 3.05 bits per heavy atom. The van der Waals surface area contributed by atoms with E-state index < -0.39 is 0 Å². The van der Waals surface area contributed by atoms with Crippen molar-refractivity contribution in [3.05, 3.63) is 29.3 Å². The second-order valence-corrected chi connectivity index (χ2v) is 5.19. The Hall–Kier alpha value is -1.88. The zero-order valence-corrected chi connectivity index (χ0v) is 10.6. The lowest BCUT2D eigenvalue weighted by Crippen LogP contribution is -2.29. The van der Waals surface area contributed by atoms with Crippen molar-refractivity contribution in [1.82, 2.24) is 4.90 Å². The van der Waals surface area contributed by atoms with Crippen molar-refractivity contribution in [2.45, 2.75) is 12.8 Å². The maximum atomic E-state index is 12.3. The average molecular weight is 260 g/mol. The van der Waals surface area contributed by atoms with Gasteiger partial charge in [-0.25, -0.2) is 0 Å². The van der Waals surface area contributed by atoms with E-state index in [-0.39, 0.29) is 24.3 Å². The summed E-state index contributed by atoms with van der Waals surface area (Å²) in [4.78, 5) is 25.4. The van der Waals surface area contributed by atoms with Crippen LogP contribution < -0.4 is 5.32 Å². The molecule has 2 aliphatic heterocycles. The predicted molar refractivity (Wildman–Crippen MR) is 69.9 cm³/mol. The lowest BCUT2D eigenvalue weighted by atomic mass is 10.1. The van der Waals surface area contributed by atoms with Crippen LogP contribution in [0.15, 0.2) is 18.2 Å². The maximum absolute atomic E-state index is 12.3. The van der Waals surface area contributed by atoms with E-state index in [0.717, 1.165) is 17.7 Å². The Balaban J connectivity index is 1.78. The number of anilines is 1. The van der Waals surface area contributed by atoms with Gasteiger partial charge in [0.25, 0.3) is 5.91 Å². The summed E-state index contributed by atoms with van der Waals surface area (Å²) >= 11 is 0. The van der Waals surface area contributed by atoms with E-state index in [1.165, 1.54) is 0 Å². The summed E-state index contributed by atoms with van der Waals surface area (Å²) in [6, 6.07) is 5.35. The molecule has 2 heterocycles. The molecule has 1 fully saturated rings. The number of hydrogen-bond donors (Lipinski definition) is 2. The minimum absolute atomic E-state index is 0.0267. The molecule has 0 aromatic heterocycles. The van der Waals surface area contributed by atoms with Gasteiger partial charge in [-0.2, -0.15) is 0 Å². The number of benzene rings is 1. The van der Waals surface area contributed by atoms with E-state index in [9.17, 15) is 9.59 Å². The van der Waals surface area contributed by atoms with Crippen molar-refractivity contribution in [3.8, 4) is 0 Å². The largest absolute Gasteiger partial charge is 0.396 e. The number of carbonyl (C=O) groups excluding carboxylic acids is 2. The standard InChI is InChI=1S/C14H16N2O3/c17-8-9-3-4-16(7-9)14(19)11-2-1-10-6-13(18)15-12(10)5-11/h1-2,5,9,17H,3-4,6-8H2,(H,15,18). The first-order chi connectivity index (χ1) is 9.17. The molecule has 5 heteroatoms. The molecule has 1 aromatic carbocycles. The molecule has 1 aromatic rings. The summed E-state index contributed by atoms with van der Waals surface area (Å²) in [5.74, 6) is 0.138. The number of nitrogens with zero attached hydrogens (tertiary/aromatic N) is 1. The Morgan fingerprint density at radius 2 is 2.32 bits per heavy atom. The monoisotopic (exact) mass is 260 g/mol. The fourth-order valence-electron chi connectivity index (χ4n) is 2.70. The molecule has 2 aliphatic rings. The lowest BCUT2D eigenvalue weighted by molar-refractivity contribution is -0.115. The van der Waals surface area contributed by atoms with Crippen LogP contribution in [0.3, 0.4) is 0 Å². The van der Waals surface area contributed by atoms with Crippen molar-refractivity contribution >= 4 is 17.5 Å². The Bertz CT molecular complexity index is 541. The third kappa shape index (κ3) is 2.21. The van der Waals surface area contributed by atoms with Crippen molar-refractivity contribution in [3.63, 3.8) is 0 Å². The number of aliphatic hydroxyl groups excluding tert-OH is 1. The molecule has 2 N–H and O–H groups in total. The third-order valence-corrected chi connectivity index (χ3v) is 3.81. The van der Waals surface area contributed by atoms with Crippen LogP contribution in [0, 0.1) is 5.92 Å². The fourth-order valence-corrected chi connectivity index (χ4v) is 2.70. The molecule has 100 valence electrons. The molecular formula is C14H16N2O3. The summed E-state index contributed by atoms with van der Waals surface area (Å²) in [5, 5.41) is 11.9. The van der Waals surface area contributed by atoms with E-state index in [1.54, 1.807) is 17.0 Å². The summed E-state index contributed by atoms with van der Waals surface area (Å²) in [5.41, 5.74) is 2.28. The van der Waals surface area contributed by atoms with Crippen LogP contribution in [0.4, 0.5) is 5.69 Å². The van der Waals surface area contributed by atoms with E-state index in [4.69, 9.17) is 5.11 Å². The second-order valence-electron chi connectivity index (χ2n) is 5.19. The van der Waals surface area contributed by atoms with Crippen molar-refractivity contribution in [2.75, 3.05) is 25.0 Å². The van der Waals surface area contributed by atoms with Crippen LogP contribution in [-0.4, -0.2) is 41.5 Å². The molecule has 1 atom stereocenters. The van der Waals surface area contributed by atoms with Crippen LogP contribution in [0.1, 0.15) is 22.3 Å². The maximum Gasteiger partial charge on any atom is 0.253 e. The SMILES string of the molecule is O=C1Cc2ccc(C(=O)N3CCC(CO)C3)cc2N1. The third-order valence-electron chi connectivity index (χ3n) is 3.81. The molecule has 2 amide bonds. The second kappa shape index (κ2) is 4.66. The first kappa shape index (κ1) is 12.2. The van der Waals surface area contributed by atoms with Gasteiger partial charge in [-0.3, -0.25) is 9.59 Å². The van der Waals surface area contributed by atoms with Crippen LogP contribution >= 0.6 is 0 Å². The van der Waals surface area contributed by atoms with E-state index >= 15 is 0 Å². The quantitative estimate of drug-likeness (QED) is 0.819. The smallest absolute Gasteiger partial charge is 0.253 e. The molecule has 3 rings (SSSR count). The highest BCUT2D eigenvalue weighted by Gasteiger charge is 2.27. The molecule has 0 aliphatic carbocycles. The first-order valence-corrected chi connectivity index (χ1v) is 6.50. The molecule has 0 bridgehead atoms. The van der Waals surface area contributed by atoms with Gasteiger partial charge in [0.05, 0.1) is 6.42 Å². The number of nitrogens with one attached hydrogen (secondary N) is 1. The number of fused-ring (bicyclic) bond motifs is 1. The minimum Gasteiger partial charge on any atom is -0.396 e. The number of rotatable bonds is 2. The topological polar surface area (TPSA) is 69.6 Å². The summed E-state index contributed by atoms with van der Waals surface area (Å²) in [6.45, 7) is 1.43. The highest BCUT2D eigenvalue weighted by molar-refractivity contribution is 6.02. The highest BCUT2D eigenvalue weighted by atomic mass is 16.3. The molecule has 1 unspecified atom stereocenters. The van der Waals surface area contributed by atoms with Gasteiger partial charge in [0.2, 0.25) is 5.91 Å². The number of aliphatic hydroxyl groups is 1. The zero-order valence-electron chi connectivity index (χ0n) is 10.6. The predicted octanol–water partition coefficient (Wildman–Crippen LogP) is 0.636. The average Bonchev–Trinajstić information content (AvgIpc) is 3.01. The lowest BCUT2D eigenvalue weighted by Gasteiger charge is -2.16. The molecule has 0 saturated carbocycles. The van der Waals surface area contributed by atoms with Crippen LogP contribution in [0.25, 0.3) is 0 Å². The Morgan fingerprint density at radius 1 is 1.47 bits per heavy atom. The van der Waals surface area contributed by atoms with Crippen LogP contribution in [0.5, 0.6) is 0 Å². The van der Waals surface area contributed by atoms with Crippen LogP contribution in [-0.2, 0) is 11.2 Å². The molecular weight excluding hydrogens is 244 g/mol. The van der Waals surface area contributed by atoms with Gasteiger partial charge in [0.1, 0.15) is 0 Å². The summed E-state index contributed by atoms with van der Waals surface area (Å²) in [6.07, 6.45) is 1.24. The molecule has 0 radical (unpaired) electrons. The van der Waals surface area contributed by atoms with Gasteiger partial charge in [0.15, 0.2) is 0 Å². The summed E-state index contributed by atoms with van der Waals surface area (Å²) < 4.78 is 0. The van der Waals surface area contributed by atoms with Crippen LogP contribution in [0.2, 0.25) is 0 Å². The Labute approximate surface area is 111 Å². The molecule has 5 nitrogen and oxygen atoms in total. The van der Waals surface area contributed by atoms with Crippen molar-refractivity contribution in [2.24, 2.45) is 5.92 Å². The van der Waals surface area contributed by atoms with Gasteiger partial charge in [-0.1, -0.05) is 6.07 Å². The van der Waals surface area contributed by atoms with Gasteiger partial charge >= 0.3 is 0 Å². The Kier molecular flexibility index (Phi) is 2.98. The first-order valence-electron chi connectivity index (χ1n) is 6.50. The van der Waals surface area contributed by atoms with Gasteiger partial charge < -0.3 is 15.3 Å². The number of likely N-dealkylation sites (tertiary alicyclic amines) is 1. The number of amides is 2. The van der Waals surface area contributed by atoms with Gasteiger partial charge in [-0.15, -0.1) is 0 Å². The number of carbonyl (C=O) groups is 2. The zero-order chi connectivity index (χ0) is 13.4. The normalized spacial score (nSPS) is 21.4. The fraction of sp³-hybridized carbons (Fsp3) is 0.429. The van der Waals surface area contributed by atoms with E-state index in [0.29, 0.717) is 25.1 Å². The van der Waals surface area contributed by atoms with E-state index in [2.05, 4.69) is 5.32 Å². The van der Waals surface area contributed by atoms with E-state index in [1.807, 2.05) is 6.07 Å². The summed E-state index contributed by atoms with van der Waals surface area (Å²) in [7, 11) is 0. The van der Waals surface area contributed by atoms with Gasteiger partial charge in [0, 0.05) is 36.9 Å². The molecule has 19 heavy (non-hydrogen) atoms. The highest BCUT2D eigenvalue weighted by Crippen LogP contribution is 2.26. The van der Waals surface area contributed by atoms with Crippen molar-refractivity contribution in [1.29, 1.82) is 0 Å². The number of hydrogen-bond acceptors (Lipinski definition) is 3. The molecule has 0 spiro atoms. The minimum atomic E-state index is -0.0279. The van der Waals surface area contributed by atoms with Crippen molar-refractivity contribution < 1.29 is 14.7 Å².